The third-order valence-electron chi connectivity index (χ3n) is 4.76. The first-order chi connectivity index (χ1) is 14.5. The fraction of sp³-hybridized carbons (Fsp3) is 0.200. The van der Waals surface area contributed by atoms with Gasteiger partial charge in [-0.2, -0.15) is 0 Å². The van der Waals surface area contributed by atoms with E-state index >= 15 is 0 Å². The molecule has 1 aliphatic rings. The first-order valence-electron chi connectivity index (χ1n) is 9.06. The van der Waals surface area contributed by atoms with Gasteiger partial charge < -0.3 is 14.4 Å². The minimum atomic E-state index is -0.832. The van der Waals surface area contributed by atoms with Crippen LogP contribution in [0.2, 0.25) is 0 Å². The molecule has 0 spiro atoms. The van der Waals surface area contributed by atoms with Crippen molar-refractivity contribution < 1.29 is 33.0 Å². The zero-order valence-corrected chi connectivity index (χ0v) is 15.9. The average molecular weight is 412 g/mol. The van der Waals surface area contributed by atoms with Crippen molar-refractivity contribution in [3.8, 4) is 17.4 Å². The summed E-state index contributed by atoms with van der Waals surface area (Å²) in [6.07, 6.45) is -0.0851. The summed E-state index contributed by atoms with van der Waals surface area (Å²) in [5, 5.41) is 18.8. The number of rotatable bonds is 6. The summed E-state index contributed by atoms with van der Waals surface area (Å²) >= 11 is 0. The highest BCUT2D eigenvalue weighted by Crippen LogP contribution is 2.23. The maximum Gasteiger partial charge on any atom is 0.253 e. The van der Waals surface area contributed by atoms with Crippen LogP contribution in [0.15, 0.2) is 53.1 Å². The van der Waals surface area contributed by atoms with E-state index in [-0.39, 0.29) is 18.7 Å². The third-order valence-corrected chi connectivity index (χ3v) is 4.76. The van der Waals surface area contributed by atoms with Crippen LogP contribution in [0, 0.1) is 5.82 Å². The van der Waals surface area contributed by atoms with Crippen LogP contribution in [0.1, 0.15) is 12.1 Å². The molecule has 30 heavy (non-hydrogen) atoms. The number of nitrogens with zero attached hydrogens (tertiary/aromatic N) is 3. The highest BCUT2D eigenvalue weighted by atomic mass is 19.1. The first kappa shape index (κ1) is 19.5. The zero-order chi connectivity index (χ0) is 21.3. The quantitative estimate of drug-likeness (QED) is 0.466. The molecule has 2 heterocycles. The van der Waals surface area contributed by atoms with Crippen LogP contribution in [-0.4, -0.2) is 30.2 Å². The Labute approximate surface area is 170 Å². The van der Waals surface area contributed by atoms with Crippen molar-refractivity contribution in [1.29, 1.82) is 0 Å². The van der Waals surface area contributed by atoms with Crippen molar-refractivity contribution in [1.82, 2.24) is 10.6 Å². The van der Waals surface area contributed by atoms with Gasteiger partial charge in [0.15, 0.2) is 5.95 Å². The van der Waals surface area contributed by atoms with E-state index in [1.807, 2.05) is 0 Å². The minimum Gasteiger partial charge on any atom is -0.539 e. The normalized spacial score (nSPS) is 16.3. The molecule has 3 aromatic rings. The summed E-state index contributed by atoms with van der Waals surface area (Å²) in [5.74, 6) is -1.39. The highest BCUT2D eigenvalue weighted by Gasteiger charge is 2.40. The summed E-state index contributed by atoms with van der Waals surface area (Å²) < 4.78 is 24.3. The van der Waals surface area contributed by atoms with Gasteiger partial charge in [0.05, 0.1) is 37.1 Å². The first-order valence-corrected chi connectivity index (χ1v) is 9.06. The maximum atomic E-state index is 13.1. The summed E-state index contributed by atoms with van der Waals surface area (Å²) in [6, 6.07) is 11.1. The number of hydrogen-bond donors (Lipinski definition) is 1. The summed E-state index contributed by atoms with van der Waals surface area (Å²) in [4.78, 5) is 26.0. The number of imide groups is 1. The fourth-order valence-corrected chi connectivity index (χ4v) is 3.21. The number of halogens is 1. The molecule has 0 bridgehead atoms. The van der Waals surface area contributed by atoms with E-state index in [0.717, 1.165) is 4.90 Å². The second kappa shape index (κ2) is 7.91. The predicted octanol–water partition coefficient (Wildman–Crippen LogP) is 0.594. The van der Waals surface area contributed by atoms with E-state index in [1.165, 1.54) is 28.9 Å². The molecule has 1 aromatic heterocycles. The molecule has 1 saturated heterocycles. The number of ether oxygens (including phenoxy) is 1. The van der Waals surface area contributed by atoms with Crippen molar-refractivity contribution in [3.05, 3.63) is 60.0 Å². The molecule has 1 fully saturated rings. The van der Waals surface area contributed by atoms with E-state index in [9.17, 15) is 19.1 Å². The summed E-state index contributed by atoms with van der Waals surface area (Å²) in [7, 11) is 1.54. The molecule has 4 rings (SSSR count). The van der Waals surface area contributed by atoms with E-state index in [1.54, 1.807) is 31.4 Å². The Morgan fingerprint density at radius 1 is 1.23 bits per heavy atom. The molecule has 1 aliphatic heterocycles. The molecule has 0 aliphatic carbocycles. The average Bonchev–Trinajstić information content (AvgIpc) is 3.26. The minimum absolute atomic E-state index is 0.0463. The zero-order valence-electron chi connectivity index (χ0n) is 15.9. The molecular weight excluding hydrogens is 395 g/mol. The van der Waals surface area contributed by atoms with Gasteiger partial charge in [-0.15, -0.1) is 0 Å². The monoisotopic (exact) mass is 412 g/mol. The topological polar surface area (TPSA) is 112 Å². The number of anilines is 1. The number of benzene rings is 2. The van der Waals surface area contributed by atoms with Gasteiger partial charge in [-0.25, -0.2) is 9.29 Å². The molecule has 2 aromatic carbocycles. The van der Waals surface area contributed by atoms with Crippen LogP contribution in [0.4, 0.5) is 10.1 Å². The van der Waals surface area contributed by atoms with Crippen LogP contribution < -0.4 is 24.7 Å². The predicted molar refractivity (Wildman–Crippen MR) is 98.2 cm³/mol. The molecule has 2 amide bonds. The number of nitrogens with one attached hydrogen (secondary N) is 1. The molecule has 10 heteroatoms. The van der Waals surface area contributed by atoms with Gasteiger partial charge in [0.25, 0.3) is 11.6 Å². The van der Waals surface area contributed by atoms with Crippen LogP contribution in [-0.2, 0) is 16.1 Å². The van der Waals surface area contributed by atoms with Gasteiger partial charge in [-0.3, -0.25) is 14.9 Å². The number of carbonyl (C=O) groups excluding carboxylic acids is 2. The maximum absolute atomic E-state index is 13.1. The number of amides is 2. The van der Waals surface area contributed by atoms with Crippen LogP contribution in [0.25, 0.3) is 5.69 Å². The lowest BCUT2D eigenvalue weighted by Crippen LogP contribution is -2.43. The SMILES string of the molecule is COc1ccc(-[n+]2noc([O-])c2CNC2CC(=O)N(c3ccc(F)cc3)C2=O)cc1. The number of aromatic nitrogens is 2. The second-order valence-corrected chi connectivity index (χ2v) is 6.60. The summed E-state index contributed by atoms with van der Waals surface area (Å²) in [5.41, 5.74) is 1.03. The standard InChI is InChI=1S/C20H17FN4O5/c1-29-15-8-6-14(7-9-15)25-17(20(28)30-23-25)11-22-16-10-18(26)24(19(16)27)13-4-2-12(21)3-5-13/h2-9,16,22H,10-11H2,1H3. The van der Waals surface area contributed by atoms with Gasteiger partial charge >= 0.3 is 0 Å². The van der Waals surface area contributed by atoms with Crippen molar-refractivity contribution in [2.75, 3.05) is 12.0 Å². The highest BCUT2D eigenvalue weighted by molar-refractivity contribution is 6.22. The van der Waals surface area contributed by atoms with Gasteiger partial charge in [0.2, 0.25) is 11.6 Å². The van der Waals surface area contributed by atoms with E-state index in [0.29, 0.717) is 17.1 Å². The second-order valence-electron chi connectivity index (χ2n) is 6.60. The lowest BCUT2D eigenvalue weighted by molar-refractivity contribution is -0.677. The molecular formula is C20H17FN4O5. The fourth-order valence-electron chi connectivity index (χ4n) is 3.21. The molecule has 0 saturated carbocycles. The van der Waals surface area contributed by atoms with E-state index < -0.39 is 29.6 Å². The van der Waals surface area contributed by atoms with Crippen molar-refractivity contribution in [3.63, 3.8) is 0 Å². The van der Waals surface area contributed by atoms with E-state index in [4.69, 9.17) is 9.26 Å². The van der Waals surface area contributed by atoms with Crippen LogP contribution >= 0.6 is 0 Å². The molecule has 154 valence electrons. The van der Waals surface area contributed by atoms with E-state index in [2.05, 4.69) is 10.6 Å². The molecule has 1 unspecified atom stereocenters. The van der Waals surface area contributed by atoms with Crippen molar-refractivity contribution in [2.24, 2.45) is 0 Å². The Kier molecular flexibility index (Phi) is 5.15. The Morgan fingerprint density at radius 2 is 1.93 bits per heavy atom. The number of methoxy groups -OCH3 is 1. The van der Waals surface area contributed by atoms with Crippen molar-refractivity contribution >= 4 is 17.5 Å². The smallest absolute Gasteiger partial charge is 0.253 e. The van der Waals surface area contributed by atoms with Gasteiger partial charge in [-0.05, 0) is 41.1 Å². The summed E-state index contributed by atoms with van der Waals surface area (Å²) in [6.45, 7) is -0.0463. The third kappa shape index (κ3) is 3.60. The van der Waals surface area contributed by atoms with Crippen LogP contribution in [0.3, 0.4) is 0 Å². The Morgan fingerprint density at radius 3 is 2.60 bits per heavy atom. The molecule has 1 atom stereocenters. The Bertz CT molecular complexity index is 1080. The molecule has 9 nitrogen and oxygen atoms in total. The van der Waals surface area contributed by atoms with Crippen molar-refractivity contribution in [2.45, 2.75) is 19.0 Å². The molecule has 1 N–H and O–H groups in total. The number of carbonyl (C=O) groups is 2. The lowest BCUT2D eigenvalue weighted by Gasteiger charge is -2.15. The van der Waals surface area contributed by atoms with Gasteiger partial charge in [0.1, 0.15) is 11.6 Å². The molecule has 0 radical (unpaired) electrons. The van der Waals surface area contributed by atoms with Gasteiger partial charge in [0, 0.05) is 12.1 Å². The Hall–Kier alpha value is -3.79. The van der Waals surface area contributed by atoms with Crippen LogP contribution in [0.5, 0.6) is 11.7 Å². The Balaban J connectivity index is 1.50. The largest absolute Gasteiger partial charge is 0.539 e. The lowest BCUT2D eigenvalue weighted by atomic mass is 10.2. The number of hydrogen-bond acceptors (Lipinski definition) is 7. The van der Waals surface area contributed by atoms with Gasteiger partial charge in [-0.1, -0.05) is 0 Å².